The van der Waals surface area contributed by atoms with E-state index in [0.717, 1.165) is 0 Å². The molecule has 0 aliphatic heterocycles. The number of nitrogens with two attached hydrogens (primary N) is 1. The molecule has 0 radical (unpaired) electrons. The molecule has 0 aliphatic carbocycles. The van der Waals surface area contributed by atoms with E-state index in [1.807, 2.05) is 6.92 Å². The van der Waals surface area contributed by atoms with Crippen LogP contribution in [0, 0.1) is 18.8 Å². The van der Waals surface area contributed by atoms with Crippen molar-refractivity contribution in [3.8, 4) is 0 Å². The maximum absolute atomic E-state index is 12.2. The number of rotatable bonds is 5. The van der Waals surface area contributed by atoms with Crippen LogP contribution in [0.4, 0.5) is 5.69 Å². The molecule has 0 fully saturated rings. The van der Waals surface area contributed by atoms with Crippen LogP contribution in [0.1, 0.15) is 26.3 Å². The predicted octanol–water partition coefficient (Wildman–Crippen LogP) is 2.15. The van der Waals surface area contributed by atoms with E-state index in [0.29, 0.717) is 29.6 Å². The van der Waals surface area contributed by atoms with Crippen LogP contribution in [-0.2, 0) is 10.0 Å². The zero-order chi connectivity index (χ0) is 13.9. The minimum Gasteiger partial charge on any atom is -0.399 e. The molecule has 0 heterocycles. The summed E-state index contributed by atoms with van der Waals surface area (Å²) >= 11 is 0. The second-order valence-corrected chi connectivity index (χ2v) is 6.83. The maximum atomic E-state index is 12.2. The Morgan fingerprint density at radius 1 is 1.28 bits per heavy atom. The first-order valence-corrected chi connectivity index (χ1v) is 7.58. The molecule has 1 aromatic carbocycles. The Morgan fingerprint density at radius 2 is 1.89 bits per heavy atom. The molecule has 5 heteroatoms. The van der Waals surface area contributed by atoms with Crippen molar-refractivity contribution in [2.24, 2.45) is 11.8 Å². The van der Waals surface area contributed by atoms with Gasteiger partial charge in [-0.05, 0) is 36.5 Å². The molecule has 102 valence electrons. The zero-order valence-electron chi connectivity index (χ0n) is 11.4. The van der Waals surface area contributed by atoms with Gasteiger partial charge in [0.1, 0.15) is 0 Å². The Morgan fingerprint density at radius 3 is 2.44 bits per heavy atom. The number of nitrogen functional groups attached to an aromatic ring is 1. The monoisotopic (exact) mass is 270 g/mol. The lowest BCUT2D eigenvalue weighted by Crippen LogP contribution is -2.30. The quantitative estimate of drug-likeness (QED) is 0.805. The molecule has 0 aromatic heterocycles. The fraction of sp³-hybridized carbons (Fsp3) is 0.538. The highest BCUT2D eigenvalue weighted by molar-refractivity contribution is 7.89. The molecule has 1 atom stereocenters. The molecule has 0 spiro atoms. The number of nitrogens with one attached hydrogen (secondary N) is 1. The molecule has 3 N–H and O–H groups in total. The maximum Gasteiger partial charge on any atom is 0.240 e. The number of hydrogen-bond acceptors (Lipinski definition) is 3. The van der Waals surface area contributed by atoms with Gasteiger partial charge in [-0.3, -0.25) is 0 Å². The summed E-state index contributed by atoms with van der Waals surface area (Å²) in [6.07, 6.45) is 0. The summed E-state index contributed by atoms with van der Waals surface area (Å²) in [5.74, 6) is 0.732. The van der Waals surface area contributed by atoms with E-state index < -0.39 is 10.0 Å². The van der Waals surface area contributed by atoms with Crippen molar-refractivity contribution < 1.29 is 8.42 Å². The smallest absolute Gasteiger partial charge is 0.240 e. The molecule has 0 amide bonds. The molecular formula is C13H22N2O2S. The summed E-state index contributed by atoms with van der Waals surface area (Å²) in [6, 6.07) is 4.92. The lowest BCUT2D eigenvalue weighted by Gasteiger charge is -2.17. The molecular weight excluding hydrogens is 248 g/mol. The van der Waals surface area contributed by atoms with Crippen LogP contribution in [0.3, 0.4) is 0 Å². The highest BCUT2D eigenvalue weighted by Crippen LogP contribution is 2.18. The molecule has 0 aliphatic rings. The number of benzene rings is 1. The third-order valence-corrected chi connectivity index (χ3v) is 4.80. The summed E-state index contributed by atoms with van der Waals surface area (Å²) in [5.41, 5.74) is 6.80. The Kier molecular flexibility index (Phi) is 4.76. The lowest BCUT2D eigenvalue weighted by molar-refractivity contribution is 0.414. The van der Waals surface area contributed by atoms with Crippen LogP contribution in [0.15, 0.2) is 23.1 Å². The van der Waals surface area contributed by atoms with Crippen LogP contribution in [0.5, 0.6) is 0 Å². The third kappa shape index (κ3) is 3.71. The van der Waals surface area contributed by atoms with Gasteiger partial charge in [-0.15, -0.1) is 0 Å². The number of hydrogen-bond donors (Lipinski definition) is 2. The van der Waals surface area contributed by atoms with Gasteiger partial charge in [-0.1, -0.05) is 26.8 Å². The first kappa shape index (κ1) is 15.0. The van der Waals surface area contributed by atoms with Crippen LogP contribution in [0.25, 0.3) is 0 Å². The number of aryl methyl sites for hydroxylation is 1. The van der Waals surface area contributed by atoms with Crippen molar-refractivity contribution in [1.29, 1.82) is 0 Å². The lowest BCUT2D eigenvalue weighted by atomic mass is 9.99. The Balaban J connectivity index is 2.90. The average molecular weight is 270 g/mol. The summed E-state index contributed by atoms with van der Waals surface area (Å²) in [7, 11) is -3.47. The number of anilines is 1. The summed E-state index contributed by atoms with van der Waals surface area (Å²) in [4.78, 5) is 0.262. The second kappa shape index (κ2) is 5.71. The SMILES string of the molecule is Cc1ccc(N)cc1S(=O)(=O)NCC(C)C(C)C. The van der Waals surface area contributed by atoms with Gasteiger partial charge in [0.2, 0.25) is 10.0 Å². The minimum absolute atomic E-state index is 0.262. The van der Waals surface area contributed by atoms with Gasteiger partial charge in [0.25, 0.3) is 0 Å². The molecule has 0 saturated carbocycles. The average Bonchev–Trinajstić information content (AvgIpc) is 2.29. The van der Waals surface area contributed by atoms with Crippen LogP contribution in [0.2, 0.25) is 0 Å². The zero-order valence-corrected chi connectivity index (χ0v) is 12.2. The molecule has 1 unspecified atom stereocenters. The number of sulfonamides is 1. The normalized spacial score (nSPS) is 13.8. The Labute approximate surface area is 110 Å². The Hall–Kier alpha value is -1.07. The topological polar surface area (TPSA) is 72.2 Å². The van der Waals surface area contributed by atoms with E-state index in [1.165, 1.54) is 6.07 Å². The molecule has 0 saturated heterocycles. The van der Waals surface area contributed by atoms with Gasteiger partial charge in [-0.2, -0.15) is 0 Å². The van der Waals surface area contributed by atoms with E-state index in [1.54, 1.807) is 19.1 Å². The summed E-state index contributed by atoms with van der Waals surface area (Å²) in [6.45, 7) is 8.38. The second-order valence-electron chi connectivity index (χ2n) is 5.10. The Bertz CT molecular complexity index is 510. The fourth-order valence-corrected chi connectivity index (χ4v) is 2.88. The van der Waals surface area contributed by atoms with Crippen molar-refractivity contribution in [2.75, 3.05) is 12.3 Å². The molecule has 1 aromatic rings. The molecule has 18 heavy (non-hydrogen) atoms. The fourth-order valence-electron chi connectivity index (χ4n) is 1.46. The minimum atomic E-state index is -3.47. The van der Waals surface area contributed by atoms with Crippen LogP contribution < -0.4 is 10.5 Å². The van der Waals surface area contributed by atoms with E-state index in [4.69, 9.17) is 5.73 Å². The van der Waals surface area contributed by atoms with E-state index >= 15 is 0 Å². The van der Waals surface area contributed by atoms with Gasteiger partial charge in [0, 0.05) is 12.2 Å². The van der Waals surface area contributed by atoms with Crippen molar-refractivity contribution in [1.82, 2.24) is 4.72 Å². The highest BCUT2D eigenvalue weighted by atomic mass is 32.2. The summed E-state index contributed by atoms with van der Waals surface area (Å²) in [5, 5.41) is 0. The largest absolute Gasteiger partial charge is 0.399 e. The van der Waals surface area contributed by atoms with Crippen molar-refractivity contribution >= 4 is 15.7 Å². The summed E-state index contributed by atoms with van der Waals surface area (Å²) < 4.78 is 27.0. The van der Waals surface area contributed by atoms with Crippen LogP contribution in [-0.4, -0.2) is 15.0 Å². The van der Waals surface area contributed by atoms with Crippen LogP contribution >= 0.6 is 0 Å². The first-order chi connectivity index (χ1) is 8.24. The predicted molar refractivity (Wildman–Crippen MR) is 74.8 cm³/mol. The van der Waals surface area contributed by atoms with Gasteiger partial charge in [0.05, 0.1) is 4.90 Å². The molecule has 4 nitrogen and oxygen atoms in total. The van der Waals surface area contributed by atoms with Gasteiger partial charge >= 0.3 is 0 Å². The highest BCUT2D eigenvalue weighted by Gasteiger charge is 2.18. The van der Waals surface area contributed by atoms with Gasteiger partial charge in [-0.25, -0.2) is 13.1 Å². The first-order valence-electron chi connectivity index (χ1n) is 6.10. The van der Waals surface area contributed by atoms with Crippen molar-refractivity contribution in [2.45, 2.75) is 32.6 Å². The van der Waals surface area contributed by atoms with Crippen molar-refractivity contribution in [3.63, 3.8) is 0 Å². The van der Waals surface area contributed by atoms with E-state index in [-0.39, 0.29) is 4.90 Å². The molecule has 1 rings (SSSR count). The third-order valence-electron chi connectivity index (χ3n) is 3.24. The molecule has 0 bridgehead atoms. The van der Waals surface area contributed by atoms with Gasteiger partial charge in [0.15, 0.2) is 0 Å². The van der Waals surface area contributed by atoms with Gasteiger partial charge < -0.3 is 5.73 Å². The van der Waals surface area contributed by atoms with E-state index in [2.05, 4.69) is 18.6 Å². The van der Waals surface area contributed by atoms with Crippen molar-refractivity contribution in [3.05, 3.63) is 23.8 Å². The standard InChI is InChI=1S/C13H22N2O2S/c1-9(2)11(4)8-15-18(16,17)13-7-12(14)6-5-10(13)3/h5-7,9,11,15H,8,14H2,1-4H3. The van der Waals surface area contributed by atoms with E-state index in [9.17, 15) is 8.42 Å².